The lowest BCUT2D eigenvalue weighted by atomic mass is 10.1. The highest BCUT2D eigenvalue weighted by Gasteiger charge is 2.10. The minimum atomic E-state index is -0.536. The van der Waals surface area contributed by atoms with Gasteiger partial charge in [0.2, 0.25) is 0 Å². The fourth-order valence-electron chi connectivity index (χ4n) is 1.89. The number of benzene rings is 1. The molecular weight excluding hydrogens is 261 g/mol. The molecule has 2 aromatic heterocycles. The lowest BCUT2D eigenvalue weighted by Gasteiger charge is -2.02. The zero-order valence-electron chi connectivity index (χ0n) is 10.2. The van der Waals surface area contributed by atoms with Crippen molar-refractivity contribution in [2.75, 3.05) is 0 Å². The molecule has 0 atom stereocenters. The SMILES string of the molecule is N#Cc1ccc(Cn2nc3cnccn3c2=O)c(F)c1. The highest BCUT2D eigenvalue weighted by atomic mass is 19.1. The summed E-state index contributed by atoms with van der Waals surface area (Å²) in [6.07, 6.45) is 4.42. The van der Waals surface area contributed by atoms with E-state index >= 15 is 0 Å². The molecule has 0 radical (unpaired) electrons. The maximum absolute atomic E-state index is 13.8. The number of hydrogen-bond acceptors (Lipinski definition) is 4. The molecule has 0 unspecified atom stereocenters. The van der Waals surface area contributed by atoms with Crippen LogP contribution in [0.15, 0.2) is 41.6 Å². The van der Waals surface area contributed by atoms with E-state index in [1.54, 1.807) is 0 Å². The molecule has 0 aliphatic carbocycles. The molecule has 0 saturated heterocycles. The summed E-state index contributed by atoms with van der Waals surface area (Å²) in [6, 6.07) is 5.97. The molecule has 0 aliphatic rings. The Labute approximate surface area is 112 Å². The van der Waals surface area contributed by atoms with Crippen molar-refractivity contribution in [3.63, 3.8) is 0 Å². The van der Waals surface area contributed by atoms with Crippen molar-refractivity contribution in [3.8, 4) is 6.07 Å². The fourth-order valence-corrected chi connectivity index (χ4v) is 1.89. The summed E-state index contributed by atoms with van der Waals surface area (Å²) in [7, 11) is 0. The molecule has 6 nitrogen and oxygen atoms in total. The Hall–Kier alpha value is -3.01. The predicted octanol–water partition coefficient (Wildman–Crippen LogP) is 0.950. The molecule has 20 heavy (non-hydrogen) atoms. The molecule has 1 aromatic carbocycles. The van der Waals surface area contributed by atoms with Crippen LogP contribution >= 0.6 is 0 Å². The second-order valence-electron chi connectivity index (χ2n) is 4.16. The first-order valence-electron chi connectivity index (χ1n) is 5.77. The number of rotatable bonds is 2. The standard InChI is InChI=1S/C13H8FN5O/c14-11-5-9(6-15)1-2-10(11)8-19-13(20)18-4-3-16-7-12(18)17-19/h1-5,7H,8H2. The van der Waals surface area contributed by atoms with Crippen LogP contribution in [0.4, 0.5) is 4.39 Å². The van der Waals surface area contributed by atoms with Gasteiger partial charge < -0.3 is 0 Å². The van der Waals surface area contributed by atoms with Crippen LogP contribution in [-0.4, -0.2) is 19.2 Å². The van der Waals surface area contributed by atoms with Gasteiger partial charge in [0.15, 0.2) is 5.65 Å². The van der Waals surface area contributed by atoms with Gasteiger partial charge in [-0.2, -0.15) is 5.26 Å². The Balaban J connectivity index is 2.04. The third-order valence-electron chi connectivity index (χ3n) is 2.89. The molecule has 0 saturated carbocycles. The molecule has 7 heteroatoms. The largest absolute Gasteiger partial charge is 0.350 e. The van der Waals surface area contributed by atoms with Crippen LogP contribution in [-0.2, 0) is 6.54 Å². The first-order chi connectivity index (χ1) is 9.69. The molecule has 0 amide bonds. The minimum absolute atomic E-state index is 0.00193. The van der Waals surface area contributed by atoms with Gasteiger partial charge >= 0.3 is 5.69 Å². The summed E-state index contributed by atoms with van der Waals surface area (Å²) in [5, 5.41) is 12.8. The Kier molecular flexibility index (Phi) is 2.76. The number of nitrogens with zero attached hydrogens (tertiary/aromatic N) is 5. The number of aromatic nitrogens is 4. The van der Waals surface area contributed by atoms with Gasteiger partial charge in [-0.1, -0.05) is 6.07 Å². The van der Waals surface area contributed by atoms with Gasteiger partial charge in [0.25, 0.3) is 0 Å². The van der Waals surface area contributed by atoms with Crippen molar-refractivity contribution in [2.24, 2.45) is 0 Å². The van der Waals surface area contributed by atoms with E-state index in [1.807, 2.05) is 6.07 Å². The van der Waals surface area contributed by atoms with Crippen LogP contribution in [0.3, 0.4) is 0 Å². The van der Waals surface area contributed by atoms with E-state index < -0.39 is 5.82 Å². The van der Waals surface area contributed by atoms with Crippen molar-refractivity contribution in [2.45, 2.75) is 6.54 Å². The summed E-state index contributed by atoms with van der Waals surface area (Å²) < 4.78 is 16.3. The van der Waals surface area contributed by atoms with Crippen molar-refractivity contribution in [3.05, 3.63) is 64.2 Å². The fraction of sp³-hybridized carbons (Fsp3) is 0.0769. The summed E-state index contributed by atoms with van der Waals surface area (Å²) in [6.45, 7) is -0.00193. The second kappa shape index (κ2) is 4.59. The van der Waals surface area contributed by atoms with Crippen molar-refractivity contribution in [1.82, 2.24) is 19.2 Å². The monoisotopic (exact) mass is 269 g/mol. The van der Waals surface area contributed by atoms with Gasteiger partial charge in [-0.3, -0.25) is 4.98 Å². The summed E-state index contributed by atoms with van der Waals surface area (Å²) in [5.74, 6) is -0.536. The van der Waals surface area contributed by atoms with Gasteiger partial charge in [-0.05, 0) is 12.1 Å². The van der Waals surface area contributed by atoms with Crippen LogP contribution < -0.4 is 5.69 Å². The number of halogens is 1. The number of nitriles is 1. The Morgan fingerprint density at radius 1 is 1.40 bits per heavy atom. The van der Waals surface area contributed by atoms with Crippen LogP contribution in [0.1, 0.15) is 11.1 Å². The van der Waals surface area contributed by atoms with Crippen LogP contribution in [0.5, 0.6) is 0 Å². The molecule has 0 N–H and O–H groups in total. The van der Waals surface area contributed by atoms with Gasteiger partial charge in [-0.25, -0.2) is 18.3 Å². The smallest absolute Gasteiger partial charge is 0.259 e. The van der Waals surface area contributed by atoms with Gasteiger partial charge in [0.1, 0.15) is 5.82 Å². The molecule has 98 valence electrons. The molecule has 0 aliphatic heterocycles. The minimum Gasteiger partial charge on any atom is -0.259 e. The van der Waals surface area contributed by atoms with Crippen LogP contribution in [0.25, 0.3) is 5.65 Å². The number of fused-ring (bicyclic) bond motifs is 1. The molecule has 3 rings (SSSR count). The first kappa shape index (κ1) is 12.0. The molecule has 2 heterocycles. The average molecular weight is 269 g/mol. The van der Waals surface area contributed by atoms with Crippen molar-refractivity contribution >= 4 is 5.65 Å². The maximum Gasteiger partial charge on any atom is 0.350 e. The Morgan fingerprint density at radius 2 is 2.25 bits per heavy atom. The van der Waals surface area contributed by atoms with Gasteiger partial charge in [-0.15, -0.1) is 5.10 Å². The van der Waals surface area contributed by atoms with E-state index in [0.29, 0.717) is 11.2 Å². The van der Waals surface area contributed by atoms with Gasteiger partial charge in [0.05, 0.1) is 24.4 Å². The number of hydrogen-bond donors (Lipinski definition) is 0. The lowest BCUT2D eigenvalue weighted by molar-refractivity contribution is 0.578. The zero-order valence-corrected chi connectivity index (χ0v) is 10.2. The predicted molar refractivity (Wildman–Crippen MR) is 67.5 cm³/mol. The Bertz CT molecular complexity index is 890. The highest BCUT2D eigenvalue weighted by molar-refractivity contribution is 5.34. The topological polar surface area (TPSA) is 76.0 Å². The van der Waals surface area contributed by atoms with Crippen LogP contribution in [0.2, 0.25) is 0 Å². The molecule has 0 bridgehead atoms. The molecule has 3 aromatic rings. The third-order valence-corrected chi connectivity index (χ3v) is 2.89. The lowest BCUT2D eigenvalue weighted by Crippen LogP contribution is -2.22. The van der Waals surface area contributed by atoms with Crippen LogP contribution in [0, 0.1) is 17.1 Å². The van der Waals surface area contributed by atoms with E-state index in [9.17, 15) is 9.18 Å². The molecular formula is C13H8FN5O. The van der Waals surface area contributed by atoms with E-state index in [0.717, 1.165) is 10.7 Å². The van der Waals surface area contributed by atoms with Crippen molar-refractivity contribution in [1.29, 1.82) is 5.26 Å². The maximum atomic E-state index is 13.8. The average Bonchev–Trinajstić information content (AvgIpc) is 2.78. The summed E-state index contributed by atoms with van der Waals surface area (Å²) in [5.41, 5.74) is 0.554. The quantitative estimate of drug-likeness (QED) is 0.694. The van der Waals surface area contributed by atoms with Gasteiger partial charge in [0, 0.05) is 18.0 Å². The summed E-state index contributed by atoms with van der Waals surface area (Å²) in [4.78, 5) is 15.9. The zero-order chi connectivity index (χ0) is 14.1. The summed E-state index contributed by atoms with van der Waals surface area (Å²) >= 11 is 0. The first-order valence-corrected chi connectivity index (χ1v) is 5.77. The normalized spacial score (nSPS) is 10.6. The molecule has 0 spiro atoms. The third kappa shape index (κ3) is 1.93. The van der Waals surface area contributed by atoms with E-state index in [2.05, 4.69) is 10.1 Å². The Morgan fingerprint density at radius 3 is 2.95 bits per heavy atom. The van der Waals surface area contributed by atoms with E-state index in [-0.39, 0.29) is 17.8 Å². The second-order valence-corrected chi connectivity index (χ2v) is 4.16. The molecule has 0 fully saturated rings. The van der Waals surface area contributed by atoms with Crippen molar-refractivity contribution < 1.29 is 4.39 Å². The highest BCUT2D eigenvalue weighted by Crippen LogP contribution is 2.10. The van der Waals surface area contributed by atoms with E-state index in [1.165, 1.54) is 35.1 Å². The van der Waals surface area contributed by atoms with E-state index in [4.69, 9.17) is 5.26 Å².